The molecular weight excluding hydrogens is 356 g/mol. The SMILES string of the molecule is CCN(Cc1ccc(OC)c(OC)c1)C(=O)CNC(=O)c1cc(C)cc(C)c1. The first-order valence-corrected chi connectivity index (χ1v) is 9.23. The molecule has 0 saturated heterocycles. The van der Waals surface area contributed by atoms with Crippen LogP contribution in [-0.2, 0) is 11.3 Å². The Morgan fingerprint density at radius 3 is 2.18 bits per heavy atom. The highest BCUT2D eigenvalue weighted by molar-refractivity contribution is 5.96. The van der Waals surface area contributed by atoms with Crippen molar-refractivity contribution in [3.05, 3.63) is 58.7 Å². The van der Waals surface area contributed by atoms with E-state index in [0.29, 0.717) is 30.2 Å². The van der Waals surface area contributed by atoms with Gasteiger partial charge in [-0.1, -0.05) is 23.3 Å². The molecule has 2 amide bonds. The van der Waals surface area contributed by atoms with Crippen LogP contribution in [0, 0.1) is 13.8 Å². The Balaban J connectivity index is 2.00. The van der Waals surface area contributed by atoms with Crippen molar-refractivity contribution in [1.29, 1.82) is 0 Å². The van der Waals surface area contributed by atoms with E-state index in [1.807, 2.05) is 57.2 Å². The van der Waals surface area contributed by atoms with Crippen LogP contribution < -0.4 is 14.8 Å². The number of hydrogen-bond donors (Lipinski definition) is 1. The number of amides is 2. The average Bonchev–Trinajstić information content (AvgIpc) is 2.68. The molecule has 1 N–H and O–H groups in total. The summed E-state index contributed by atoms with van der Waals surface area (Å²) in [6, 6.07) is 11.2. The summed E-state index contributed by atoms with van der Waals surface area (Å²) >= 11 is 0. The summed E-state index contributed by atoms with van der Waals surface area (Å²) in [7, 11) is 3.16. The molecule has 6 nitrogen and oxygen atoms in total. The van der Waals surface area contributed by atoms with Gasteiger partial charge in [0.15, 0.2) is 11.5 Å². The molecule has 0 aliphatic rings. The Bertz CT molecular complexity index is 828. The number of nitrogens with zero attached hydrogens (tertiary/aromatic N) is 1. The maximum absolute atomic E-state index is 12.6. The molecule has 2 rings (SSSR count). The number of likely N-dealkylation sites (N-methyl/N-ethyl adjacent to an activating group) is 1. The predicted octanol–water partition coefficient (Wildman–Crippen LogP) is 3.10. The third-order valence-corrected chi connectivity index (χ3v) is 4.44. The van der Waals surface area contributed by atoms with Gasteiger partial charge in [0, 0.05) is 18.7 Å². The normalized spacial score (nSPS) is 10.3. The van der Waals surface area contributed by atoms with Crippen molar-refractivity contribution in [3.8, 4) is 11.5 Å². The van der Waals surface area contributed by atoms with Crippen molar-refractivity contribution < 1.29 is 19.1 Å². The van der Waals surface area contributed by atoms with E-state index in [2.05, 4.69) is 5.32 Å². The largest absolute Gasteiger partial charge is 0.493 e. The van der Waals surface area contributed by atoms with Gasteiger partial charge in [-0.05, 0) is 50.6 Å². The smallest absolute Gasteiger partial charge is 0.251 e. The van der Waals surface area contributed by atoms with E-state index in [4.69, 9.17) is 9.47 Å². The van der Waals surface area contributed by atoms with Crippen molar-refractivity contribution in [2.24, 2.45) is 0 Å². The van der Waals surface area contributed by atoms with Gasteiger partial charge in [0.25, 0.3) is 5.91 Å². The van der Waals surface area contributed by atoms with Crippen LogP contribution in [0.1, 0.15) is 34.0 Å². The number of ether oxygens (including phenoxy) is 2. The fraction of sp³-hybridized carbons (Fsp3) is 0.364. The number of carbonyl (C=O) groups is 2. The van der Waals surface area contributed by atoms with Crippen molar-refractivity contribution in [2.45, 2.75) is 27.3 Å². The van der Waals surface area contributed by atoms with Gasteiger partial charge in [-0.15, -0.1) is 0 Å². The molecule has 150 valence electrons. The average molecular weight is 384 g/mol. The Morgan fingerprint density at radius 2 is 1.61 bits per heavy atom. The summed E-state index contributed by atoms with van der Waals surface area (Å²) in [5, 5.41) is 2.72. The maximum Gasteiger partial charge on any atom is 0.251 e. The molecule has 0 saturated carbocycles. The lowest BCUT2D eigenvalue weighted by Crippen LogP contribution is -2.39. The Kier molecular flexibility index (Phi) is 7.44. The number of nitrogens with one attached hydrogen (secondary N) is 1. The molecule has 0 aliphatic heterocycles. The van der Waals surface area contributed by atoms with Crippen LogP contribution in [0.4, 0.5) is 0 Å². The topological polar surface area (TPSA) is 67.9 Å². The third-order valence-electron chi connectivity index (χ3n) is 4.44. The lowest BCUT2D eigenvalue weighted by atomic mass is 10.1. The van der Waals surface area contributed by atoms with Crippen LogP contribution in [0.5, 0.6) is 11.5 Å². The van der Waals surface area contributed by atoms with Crippen LogP contribution in [-0.4, -0.2) is 44.0 Å². The highest BCUT2D eigenvalue weighted by atomic mass is 16.5. The monoisotopic (exact) mass is 384 g/mol. The van der Waals surface area contributed by atoms with Gasteiger partial charge in [0.1, 0.15) is 0 Å². The van der Waals surface area contributed by atoms with E-state index in [9.17, 15) is 9.59 Å². The van der Waals surface area contributed by atoms with Crippen molar-refractivity contribution in [1.82, 2.24) is 10.2 Å². The van der Waals surface area contributed by atoms with E-state index in [0.717, 1.165) is 16.7 Å². The van der Waals surface area contributed by atoms with Crippen molar-refractivity contribution >= 4 is 11.8 Å². The lowest BCUT2D eigenvalue weighted by Gasteiger charge is -2.22. The Labute approximate surface area is 166 Å². The summed E-state index contributed by atoms with van der Waals surface area (Å²) in [6.45, 7) is 6.70. The summed E-state index contributed by atoms with van der Waals surface area (Å²) in [5.41, 5.74) is 3.52. The molecule has 0 heterocycles. The molecule has 2 aromatic carbocycles. The first-order valence-electron chi connectivity index (χ1n) is 9.23. The quantitative estimate of drug-likeness (QED) is 0.759. The van der Waals surface area contributed by atoms with Crippen LogP contribution in [0.3, 0.4) is 0 Å². The van der Waals surface area contributed by atoms with Crippen molar-refractivity contribution in [3.63, 3.8) is 0 Å². The maximum atomic E-state index is 12.6. The highest BCUT2D eigenvalue weighted by Crippen LogP contribution is 2.28. The van der Waals surface area contributed by atoms with Crippen LogP contribution in [0.2, 0.25) is 0 Å². The molecule has 0 unspecified atom stereocenters. The van der Waals surface area contributed by atoms with Crippen LogP contribution >= 0.6 is 0 Å². The number of benzene rings is 2. The molecule has 0 fully saturated rings. The van der Waals surface area contributed by atoms with Gasteiger partial charge >= 0.3 is 0 Å². The number of hydrogen-bond acceptors (Lipinski definition) is 4. The molecule has 0 spiro atoms. The fourth-order valence-corrected chi connectivity index (χ4v) is 3.05. The summed E-state index contributed by atoms with van der Waals surface area (Å²) in [4.78, 5) is 26.6. The first-order chi connectivity index (χ1) is 13.4. The standard InChI is InChI=1S/C22H28N2O4/c1-6-24(14-17-7-8-19(27-4)20(12-17)28-5)21(25)13-23-22(26)18-10-15(2)9-16(3)11-18/h7-12H,6,13-14H2,1-5H3,(H,23,26). The van der Waals surface area contributed by atoms with Gasteiger partial charge < -0.3 is 19.7 Å². The molecular formula is C22H28N2O4. The van der Waals surface area contributed by atoms with Crippen LogP contribution in [0.15, 0.2) is 36.4 Å². The lowest BCUT2D eigenvalue weighted by molar-refractivity contribution is -0.130. The van der Waals surface area contributed by atoms with Gasteiger partial charge in [-0.2, -0.15) is 0 Å². The van der Waals surface area contributed by atoms with Gasteiger partial charge in [0.2, 0.25) is 5.91 Å². The Hall–Kier alpha value is -3.02. The second-order valence-corrected chi connectivity index (χ2v) is 6.66. The molecule has 0 aliphatic carbocycles. The molecule has 0 atom stereocenters. The number of aryl methyl sites for hydroxylation is 2. The molecule has 2 aromatic rings. The highest BCUT2D eigenvalue weighted by Gasteiger charge is 2.15. The van der Waals surface area contributed by atoms with E-state index >= 15 is 0 Å². The molecule has 28 heavy (non-hydrogen) atoms. The summed E-state index contributed by atoms with van der Waals surface area (Å²) in [6.07, 6.45) is 0. The number of rotatable bonds is 8. The number of carbonyl (C=O) groups excluding carboxylic acids is 2. The van der Waals surface area contributed by atoms with Gasteiger partial charge in [-0.25, -0.2) is 0 Å². The van der Waals surface area contributed by atoms with Gasteiger partial charge in [-0.3, -0.25) is 9.59 Å². The zero-order valence-corrected chi connectivity index (χ0v) is 17.2. The summed E-state index contributed by atoms with van der Waals surface area (Å²) in [5.74, 6) is 0.866. The van der Waals surface area contributed by atoms with E-state index in [1.165, 1.54) is 0 Å². The molecule has 6 heteroatoms. The zero-order chi connectivity index (χ0) is 20.7. The first kappa shape index (κ1) is 21.3. The zero-order valence-electron chi connectivity index (χ0n) is 17.2. The minimum atomic E-state index is -0.248. The fourth-order valence-electron chi connectivity index (χ4n) is 3.05. The second kappa shape index (κ2) is 9.78. The minimum Gasteiger partial charge on any atom is -0.493 e. The molecule has 0 aromatic heterocycles. The number of methoxy groups -OCH3 is 2. The predicted molar refractivity (Wildman–Crippen MR) is 109 cm³/mol. The van der Waals surface area contributed by atoms with Gasteiger partial charge in [0.05, 0.1) is 20.8 Å². The summed E-state index contributed by atoms with van der Waals surface area (Å²) < 4.78 is 10.6. The third kappa shape index (κ3) is 5.49. The molecule has 0 bridgehead atoms. The molecule has 0 radical (unpaired) electrons. The minimum absolute atomic E-state index is 0.0487. The van der Waals surface area contributed by atoms with Crippen LogP contribution in [0.25, 0.3) is 0 Å². The van der Waals surface area contributed by atoms with Crippen molar-refractivity contribution in [2.75, 3.05) is 27.3 Å². The van der Waals surface area contributed by atoms with E-state index in [1.54, 1.807) is 19.1 Å². The second-order valence-electron chi connectivity index (χ2n) is 6.66. The van der Waals surface area contributed by atoms with E-state index < -0.39 is 0 Å². The van der Waals surface area contributed by atoms with E-state index in [-0.39, 0.29) is 18.4 Å². The Morgan fingerprint density at radius 1 is 0.964 bits per heavy atom.